The van der Waals surface area contributed by atoms with E-state index >= 15 is 0 Å². The number of hydrogen-bond acceptors (Lipinski definition) is 4. The van der Waals surface area contributed by atoms with Gasteiger partial charge in [0.1, 0.15) is 0 Å². The standard InChI is InChI=1S/C12H19O4P/c1-4-15-17(14,16-5-2)12(13)11-8-6-10(3)7-9-11/h6-9,12-13H,4-5H2,1-3H3. The third-order valence-electron chi connectivity index (χ3n) is 2.29. The van der Waals surface area contributed by atoms with Crippen molar-refractivity contribution in [3.05, 3.63) is 35.4 Å². The highest BCUT2D eigenvalue weighted by Gasteiger charge is 2.35. The van der Waals surface area contributed by atoms with Crippen molar-refractivity contribution in [1.82, 2.24) is 0 Å². The van der Waals surface area contributed by atoms with Crippen LogP contribution in [0, 0.1) is 6.92 Å². The van der Waals surface area contributed by atoms with Crippen LogP contribution in [0.25, 0.3) is 0 Å². The van der Waals surface area contributed by atoms with Gasteiger partial charge in [0.25, 0.3) is 0 Å². The Morgan fingerprint density at radius 2 is 1.65 bits per heavy atom. The lowest BCUT2D eigenvalue weighted by Gasteiger charge is -2.22. The molecule has 5 heteroatoms. The van der Waals surface area contributed by atoms with Crippen molar-refractivity contribution in [1.29, 1.82) is 0 Å². The van der Waals surface area contributed by atoms with Crippen molar-refractivity contribution in [2.75, 3.05) is 13.2 Å². The SMILES string of the molecule is CCOP(=O)(OCC)C(O)c1ccc(C)cc1. The molecule has 4 nitrogen and oxygen atoms in total. The highest BCUT2D eigenvalue weighted by Crippen LogP contribution is 2.59. The molecule has 1 rings (SSSR count). The molecule has 0 saturated heterocycles. The fraction of sp³-hybridized carbons (Fsp3) is 0.500. The molecule has 0 radical (unpaired) electrons. The summed E-state index contributed by atoms with van der Waals surface area (Å²) in [7, 11) is -3.49. The predicted molar refractivity (Wildman–Crippen MR) is 67.0 cm³/mol. The molecule has 0 amide bonds. The van der Waals surface area contributed by atoms with Crippen molar-refractivity contribution in [3.8, 4) is 0 Å². The molecule has 96 valence electrons. The van der Waals surface area contributed by atoms with Crippen LogP contribution in [-0.2, 0) is 13.6 Å². The summed E-state index contributed by atoms with van der Waals surface area (Å²) in [5, 5.41) is 10.1. The smallest absolute Gasteiger partial charge is 0.363 e. The summed E-state index contributed by atoms with van der Waals surface area (Å²) in [6.45, 7) is 5.85. The van der Waals surface area contributed by atoms with Crippen molar-refractivity contribution in [3.63, 3.8) is 0 Å². The Hall–Kier alpha value is -0.670. The topological polar surface area (TPSA) is 55.8 Å². The van der Waals surface area contributed by atoms with Gasteiger partial charge in [-0.2, -0.15) is 0 Å². The van der Waals surface area contributed by atoms with Crippen LogP contribution < -0.4 is 0 Å². The summed E-state index contributed by atoms with van der Waals surface area (Å²) < 4.78 is 22.5. The van der Waals surface area contributed by atoms with E-state index in [1.165, 1.54) is 0 Å². The van der Waals surface area contributed by atoms with E-state index in [4.69, 9.17) is 9.05 Å². The summed E-state index contributed by atoms with van der Waals surface area (Å²) >= 11 is 0. The van der Waals surface area contributed by atoms with E-state index in [0.29, 0.717) is 5.56 Å². The predicted octanol–water partition coefficient (Wildman–Crippen LogP) is 3.25. The second-order valence-electron chi connectivity index (χ2n) is 3.66. The molecule has 0 heterocycles. The molecule has 0 bridgehead atoms. The Labute approximate surface area is 102 Å². The number of benzene rings is 1. The average molecular weight is 258 g/mol. The molecule has 0 aliphatic heterocycles. The van der Waals surface area contributed by atoms with Gasteiger partial charge < -0.3 is 14.2 Å². The lowest BCUT2D eigenvalue weighted by molar-refractivity contribution is 0.150. The molecule has 0 aliphatic rings. The Morgan fingerprint density at radius 3 is 2.06 bits per heavy atom. The quantitative estimate of drug-likeness (QED) is 0.796. The van der Waals surface area contributed by atoms with Gasteiger partial charge >= 0.3 is 7.60 Å². The first-order chi connectivity index (χ1) is 8.03. The van der Waals surface area contributed by atoms with Gasteiger partial charge in [-0.1, -0.05) is 29.8 Å². The van der Waals surface area contributed by atoms with Crippen molar-refractivity contribution >= 4 is 7.60 Å². The molecule has 1 N–H and O–H groups in total. The van der Waals surface area contributed by atoms with Gasteiger partial charge in [0.2, 0.25) is 0 Å². The van der Waals surface area contributed by atoms with Crippen molar-refractivity contribution in [2.24, 2.45) is 0 Å². The van der Waals surface area contributed by atoms with E-state index in [9.17, 15) is 9.67 Å². The average Bonchev–Trinajstić information content (AvgIpc) is 2.30. The first-order valence-electron chi connectivity index (χ1n) is 5.67. The highest BCUT2D eigenvalue weighted by molar-refractivity contribution is 7.54. The summed E-state index contributed by atoms with van der Waals surface area (Å²) in [4.78, 5) is 0. The van der Waals surface area contributed by atoms with Gasteiger partial charge in [-0.15, -0.1) is 0 Å². The molecule has 0 aromatic heterocycles. The molecule has 1 aromatic carbocycles. The van der Waals surface area contributed by atoms with Gasteiger partial charge in [-0.05, 0) is 26.3 Å². The monoisotopic (exact) mass is 258 g/mol. The van der Waals surface area contributed by atoms with Crippen LogP contribution in [0.2, 0.25) is 0 Å². The van der Waals surface area contributed by atoms with E-state index in [1.54, 1.807) is 26.0 Å². The van der Waals surface area contributed by atoms with Gasteiger partial charge in [0, 0.05) is 0 Å². The third-order valence-corrected chi connectivity index (χ3v) is 4.43. The normalized spacial score (nSPS) is 13.6. The maximum absolute atomic E-state index is 12.3. The number of aryl methyl sites for hydroxylation is 1. The Kier molecular flexibility index (Phi) is 5.34. The minimum atomic E-state index is -3.49. The molecule has 1 atom stereocenters. The summed E-state index contributed by atoms with van der Waals surface area (Å²) in [6, 6.07) is 7.15. The highest BCUT2D eigenvalue weighted by atomic mass is 31.2. The Morgan fingerprint density at radius 1 is 1.18 bits per heavy atom. The van der Waals surface area contributed by atoms with E-state index in [1.807, 2.05) is 19.1 Å². The Balaban J connectivity index is 2.95. The molecule has 0 fully saturated rings. The molecule has 1 unspecified atom stereocenters. The van der Waals surface area contributed by atoms with Crippen LogP contribution in [0.1, 0.15) is 30.8 Å². The molecule has 0 saturated carbocycles. The largest absolute Gasteiger partial charge is 0.376 e. The van der Waals surface area contributed by atoms with E-state index in [-0.39, 0.29) is 13.2 Å². The minimum Gasteiger partial charge on any atom is -0.376 e. The minimum absolute atomic E-state index is 0.236. The van der Waals surface area contributed by atoms with Crippen LogP contribution in [0.3, 0.4) is 0 Å². The molecule has 0 aliphatic carbocycles. The fourth-order valence-corrected chi connectivity index (χ4v) is 3.07. The molecule has 0 spiro atoms. The number of aliphatic hydroxyl groups excluding tert-OH is 1. The van der Waals surface area contributed by atoms with Gasteiger partial charge in [0.15, 0.2) is 5.85 Å². The van der Waals surface area contributed by atoms with Gasteiger partial charge in [0.05, 0.1) is 13.2 Å². The lowest BCUT2D eigenvalue weighted by atomic mass is 10.2. The molecule has 17 heavy (non-hydrogen) atoms. The number of rotatable bonds is 6. The van der Waals surface area contributed by atoms with Crippen LogP contribution in [0.15, 0.2) is 24.3 Å². The number of hydrogen-bond donors (Lipinski definition) is 1. The summed E-state index contributed by atoms with van der Waals surface area (Å²) in [5.41, 5.74) is 1.62. The second-order valence-corrected chi connectivity index (χ2v) is 5.74. The Bertz CT molecular complexity index is 378. The first-order valence-corrected chi connectivity index (χ1v) is 7.28. The zero-order valence-corrected chi connectivity index (χ0v) is 11.3. The van der Waals surface area contributed by atoms with E-state index < -0.39 is 13.4 Å². The van der Waals surface area contributed by atoms with Crippen molar-refractivity contribution in [2.45, 2.75) is 26.6 Å². The third kappa shape index (κ3) is 3.65. The van der Waals surface area contributed by atoms with Crippen LogP contribution in [0.5, 0.6) is 0 Å². The fourth-order valence-electron chi connectivity index (χ4n) is 1.46. The van der Waals surface area contributed by atoms with E-state index in [0.717, 1.165) is 5.56 Å². The maximum atomic E-state index is 12.3. The first kappa shape index (κ1) is 14.4. The van der Waals surface area contributed by atoms with Crippen LogP contribution in [0.4, 0.5) is 0 Å². The lowest BCUT2D eigenvalue weighted by Crippen LogP contribution is -2.06. The zero-order chi connectivity index (χ0) is 12.9. The maximum Gasteiger partial charge on any atom is 0.363 e. The molecule has 1 aromatic rings. The van der Waals surface area contributed by atoms with Crippen LogP contribution >= 0.6 is 7.60 Å². The van der Waals surface area contributed by atoms with E-state index in [2.05, 4.69) is 0 Å². The molecular formula is C12H19O4P. The van der Waals surface area contributed by atoms with Crippen LogP contribution in [-0.4, -0.2) is 18.3 Å². The zero-order valence-electron chi connectivity index (χ0n) is 10.4. The number of aliphatic hydroxyl groups is 1. The molecular weight excluding hydrogens is 239 g/mol. The van der Waals surface area contributed by atoms with Gasteiger partial charge in [-0.25, -0.2) is 0 Å². The second kappa shape index (κ2) is 6.31. The van der Waals surface area contributed by atoms with Crippen molar-refractivity contribution < 1.29 is 18.7 Å². The van der Waals surface area contributed by atoms with Gasteiger partial charge in [-0.3, -0.25) is 4.57 Å². The summed E-state index contributed by atoms with van der Waals surface area (Å²) in [5.74, 6) is -1.23. The summed E-state index contributed by atoms with van der Waals surface area (Å²) in [6.07, 6.45) is 0.